The van der Waals surface area contributed by atoms with E-state index in [1.165, 1.54) is 26.7 Å². The summed E-state index contributed by atoms with van der Waals surface area (Å²) in [5.41, 5.74) is 1.98. The van der Waals surface area contributed by atoms with Crippen LogP contribution < -0.4 is 10.2 Å². The summed E-state index contributed by atoms with van der Waals surface area (Å²) < 4.78 is 14.2. The first kappa shape index (κ1) is 18.1. The Labute approximate surface area is 162 Å². The largest absolute Gasteiger partial charge is 0.347 e. The normalized spacial score (nSPS) is 19.9. The van der Waals surface area contributed by atoms with E-state index in [4.69, 9.17) is 4.98 Å². The zero-order valence-corrected chi connectivity index (χ0v) is 15.9. The Morgan fingerprint density at radius 1 is 1.22 bits per heavy atom. The van der Waals surface area contributed by atoms with E-state index in [0.717, 1.165) is 37.0 Å². The molecule has 3 aromatic rings. The summed E-state index contributed by atoms with van der Waals surface area (Å²) >= 11 is 1.78. The summed E-state index contributed by atoms with van der Waals surface area (Å²) in [6.45, 7) is 2.88. The molecule has 0 bridgehead atoms. The van der Waals surface area contributed by atoms with E-state index in [-0.39, 0.29) is 11.7 Å². The number of benzene rings is 2. The highest BCUT2D eigenvalue weighted by Crippen LogP contribution is 2.30. The molecule has 1 aliphatic heterocycles. The fourth-order valence-corrected chi connectivity index (χ4v) is 4.78. The van der Waals surface area contributed by atoms with Gasteiger partial charge in [0.25, 0.3) is 5.91 Å². The van der Waals surface area contributed by atoms with Gasteiger partial charge in [-0.1, -0.05) is 24.3 Å². The lowest BCUT2D eigenvalue weighted by atomic mass is 9.99. The topological polar surface area (TPSA) is 46.4 Å². The molecule has 1 fully saturated rings. The second-order valence-corrected chi connectivity index (χ2v) is 8.21. The van der Waals surface area contributed by atoms with Crippen LogP contribution in [0.4, 0.5) is 4.39 Å². The molecule has 2 heterocycles. The van der Waals surface area contributed by atoms with Crippen LogP contribution in [0.15, 0.2) is 48.5 Å². The summed E-state index contributed by atoms with van der Waals surface area (Å²) in [5, 5.41) is 4.14. The molecule has 1 unspecified atom stereocenters. The fraction of sp³-hybridized carbons (Fsp3) is 0.333. The first-order valence-corrected chi connectivity index (χ1v) is 10.2. The molecule has 2 aromatic carbocycles. The van der Waals surface area contributed by atoms with E-state index < -0.39 is 0 Å². The van der Waals surface area contributed by atoms with Crippen molar-refractivity contribution in [3.8, 4) is 0 Å². The molecular formula is C21H23FN3OS+. The average molecular weight is 385 g/mol. The van der Waals surface area contributed by atoms with Crippen molar-refractivity contribution in [3.05, 3.63) is 64.9 Å². The van der Waals surface area contributed by atoms with Crippen molar-refractivity contribution < 1.29 is 14.1 Å². The number of hydrogen-bond donors (Lipinski definition) is 2. The minimum atomic E-state index is -0.260. The minimum Gasteiger partial charge on any atom is -0.347 e. The van der Waals surface area contributed by atoms with Crippen molar-refractivity contribution >= 4 is 27.5 Å². The van der Waals surface area contributed by atoms with Gasteiger partial charge in [0.1, 0.15) is 10.8 Å². The maximum atomic E-state index is 12.9. The van der Waals surface area contributed by atoms with Crippen molar-refractivity contribution in [1.29, 1.82) is 0 Å². The van der Waals surface area contributed by atoms with Crippen LogP contribution in [0.1, 0.15) is 29.3 Å². The van der Waals surface area contributed by atoms with Crippen LogP contribution in [-0.2, 0) is 11.3 Å². The second-order valence-electron chi connectivity index (χ2n) is 7.14. The molecule has 140 valence electrons. The SMILES string of the molecule is O=C(C[NH+]1CCC[C@H](c2nc3ccccc3s2)C1)NCc1ccc(F)cc1. The molecule has 2 N–H and O–H groups in total. The molecule has 6 heteroatoms. The number of likely N-dealkylation sites (tertiary alicyclic amines) is 1. The highest BCUT2D eigenvalue weighted by Gasteiger charge is 2.28. The number of fused-ring (bicyclic) bond motifs is 1. The van der Waals surface area contributed by atoms with Crippen LogP contribution in [0.3, 0.4) is 0 Å². The minimum absolute atomic E-state index is 0.0410. The van der Waals surface area contributed by atoms with Crippen molar-refractivity contribution in [2.24, 2.45) is 0 Å². The molecule has 1 saturated heterocycles. The van der Waals surface area contributed by atoms with E-state index in [2.05, 4.69) is 17.4 Å². The summed E-state index contributed by atoms with van der Waals surface area (Å²) in [6, 6.07) is 14.5. The highest BCUT2D eigenvalue weighted by atomic mass is 32.1. The summed E-state index contributed by atoms with van der Waals surface area (Å²) in [7, 11) is 0. The summed E-state index contributed by atoms with van der Waals surface area (Å²) in [6.07, 6.45) is 2.25. The van der Waals surface area contributed by atoms with Gasteiger partial charge in [-0.25, -0.2) is 9.37 Å². The number of carbonyl (C=O) groups excluding carboxylic acids is 1. The van der Waals surface area contributed by atoms with Crippen LogP contribution in [-0.4, -0.2) is 30.5 Å². The number of para-hydroxylation sites is 1. The van der Waals surface area contributed by atoms with Crippen molar-refractivity contribution in [2.75, 3.05) is 19.6 Å². The quantitative estimate of drug-likeness (QED) is 0.710. The number of quaternary nitrogens is 1. The predicted octanol–water partition coefficient (Wildman–Crippen LogP) is 2.51. The van der Waals surface area contributed by atoms with Crippen molar-refractivity contribution in [1.82, 2.24) is 10.3 Å². The van der Waals surface area contributed by atoms with E-state index >= 15 is 0 Å². The Hall–Kier alpha value is -2.31. The molecule has 1 aromatic heterocycles. The van der Waals surface area contributed by atoms with E-state index in [0.29, 0.717) is 19.0 Å². The molecular weight excluding hydrogens is 361 g/mol. The van der Waals surface area contributed by atoms with Crippen LogP contribution >= 0.6 is 11.3 Å². The smallest absolute Gasteiger partial charge is 0.275 e. The van der Waals surface area contributed by atoms with Gasteiger partial charge in [0, 0.05) is 6.54 Å². The lowest BCUT2D eigenvalue weighted by Gasteiger charge is -2.28. The van der Waals surface area contributed by atoms with Gasteiger partial charge in [-0.2, -0.15) is 0 Å². The Morgan fingerprint density at radius 2 is 2.04 bits per heavy atom. The third kappa shape index (κ3) is 4.51. The van der Waals surface area contributed by atoms with E-state index in [1.807, 2.05) is 12.1 Å². The molecule has 4 nitrogen and oxygen atoms in total. The van der Waals surface area contributed by atoms with Crippen molar-refractivity contribution in [3.63, 3.8) is 0 Å². The Balaban J connectivity index is 1.32. The maximum Gasteiger partial charge on any atom is 0.275 e. The number of thiazole rings is 1. The van der Waals surface area contributed by atoms with Crippen LogP contribution in [0.2, 0.25) is 0 Å². The van der Waals surface area contributed by atoms with Crippen LogP contribution in [0.25, 0.3) is 10.2 Å². The lowest BCUT2D eigenvalue weighted by molar-refractivity contribution is -0.898. The van der Waals surface area contributed by atoms with Gasteiger partial charge in [-0.05, 0) is 42.7 Å². The number of piperidine rings is 1. The first-order chi connectivity index (χ1) is 13.2. The number of carbonyl (C=O) groups is 1. The number of nitrogens with zero attached hydrogens (tertiary/aromatic N) is 1. The Morgan fingerprint density at radius 3 is 2.85 bits per heavy atom. The number of nitrogens with one attached hydrogen (secondary N) is 2. The number of aromatic nitrogens is 1. The van der Waals surface area contributed by atoms with E-state index in [9.17, 15) is 9.18 Å². The fourth-order valence-electron chi connectivity index (χ4n) is 3.68. The predicted molar refractivity (Wildman–Crippen MR) is 105 cm³/mol. The van der Waals surface area contributed by atoms with Gasteiger partial charge in [-0.15, -0.1) is 11.3 Å². The number of amides is 1. The third-order valence-electron chi connectivity index (χ3n) is 5.09. The average Bonchev–Trinajstić information content (AvgIpc) is 3.12. The molecule has 1 aliphatic rings. The van der Waals surface area contributed by atoms with Gasteiger partial charge in [-0.3, -0.25) is 4.79 Å². The number of halogens is 1. The van der Waals surface area contributed by atoms with Gasteiger partial charge >= 0.3 is 0 Å². The summed E-state index contributed by atoms with van der Waals surface area (Å²) in [4.78, 5) is 18.4. The lowest BCUT2D eigenvalue weighted by Crippen LogP contribution is -3.14. The first-order valence-electron chi connectivity index (χ1n) is 9.37. The zero-order valence-electron chi connectivity index (χ0n) is 15.1. The zero-order chi connectivity index (χ0) is 18.6. The molecule has 0 radical (unpaired) electrons. The monoisotopic (exact) mass is 384 g/mol. The van der Waals surface area contributed by atoms with Gasteiger partial charge in [0.2, 0.25) is 0 Å². The number of rotatable bonds is 5. The molecule has 2 atom stereocenters. The number of hydrogen-bond acceptors (Lipinski definition) is 3. The summed E-state index contributed by atoms with van der Waals surface area (Å²) in [5.74, 6) is 0.207. The maximum absolute atomic E-state index is 12.9. The van der Waals surface area contributed by atoms with Gasteiger partial charge < -0.3 is 10.2 Å². The highest BCUT2D eigenvalue weighted by molar-refractivity contribution is 7.18. The third-order valence-corrected chi connectivity index (χ3v) is 6.29. The molecule has 4 rings (SSSR count). The van der Waals surface area contributed by atoms with Gasteiger partial charge in [0.15, 0.2) is 6.54 Å². The molecule has 1 amide bonds. The van der Waals surface area contributed by atoms with Crippen LogP contribution in [0.5, 0.6) is 0 Å². The van der Waals surface area contributed by atoms with Crippen molar-refractivity contribution in [2.45, 2.75) is 25.3 Å². The van der Waals surface area contributed by atoms with E-state index in [1.54, 1.807) is 23.5 Å². The Kier molecular flexibility index (Phi) is 5.45. The van der Waals surface area contributed by atoms with Gasteiger partial charge in [0.05, 0.1) is 29.2 Å². The molecule has 27 heavy (non-hydrogen) atoms. The Bertz CT molecular complexity index is 892. The second kappa shape index (κ2) is 8.15. The molecule has 0 spiro atoms. The standard InChI is InChI=1S/C21H22FN3OS/c22-17-9-7-15(8-10-17)12-23-20(26)14-25-11-3-4-16(13-25)21-24-18-5-1-2-6-19(18)27-21/h1-2,5-10,16H,3-4,11-14H2,(H,23,26)/p+1/t16-/m0/s1. The van der Waals surface area contributed by atoms with Crippen LogP contribution in [0, 0.1) is 5.82 Å². The molecule has 0 aliphatic carbocycles. The molecule has 0 saturated carbocycles.